The van der Waals surface area contributed by atoms with Crippen LogP contribution in [0.5, 0.6) is 0 Å². The van der Waals surface area contributed by atoms with Gasteiger partial charge < -0.3 is 14.2 Å². The number of carbonyl (C=O) groups excluding carboxylic acids is 3. The number of esters is 3. The fourth-order valence-corrected chi connectivity index (χ4v) is 6.77. The molecule has 0 fully saturated rings. The molecule has 0 amide bonds. The van der Waals surface area contributed by atoms with Crippen molar-refractivity contribution in [2.45, 2.75) is 239 Å². The van der Waals surface area contributed by atoms with Gasteiger partial charge >= 0.3 is 17.9 Å². The summed E-state index contributed by atoms with van der Waals surface area (Å²) in [6.07, 6.45) is 60.4. The quantitative estimate of drug-likeness (QED) is 0.0263. The van der Waals surface area contributed by atoms with Crippen LogP contribution < -0.4 is 0 Å². The first-order valence-electron chi connectivity index (χ1n) is 24.9. The molecule has 6 heteroatoms. The lowest BCUT2D eigenvalue weighted by molar-refractivity contribution is -0.167. The Hall–Kier alpha value is -3.15. The first kappa shape index (κ1) is 56.9. The van der Waals surface area contributed by atoms with Crippen molar-refractivity contribution in [1.82, 2.24) is 0 Å². The Bertz CT molecular complexity index is 1140. The van der Waals surface area contributed by atoms with E-state index in [2.05, 4.69) is 93.7 Å². The molecule has 0 aliphatic carbocycles. The van der Waals surface area contributed by atoms with Gasteiger partial charge in [0.15, 0.2) is 6.10 Å². The number of hydrogen-bond donors (Lipinski definition) is 0. The molecule has 0 aromatic carbocycles. The highest BCUT2D eigenvalue weighted by Crippen LogP contribution is 2.15. The van der Waals surface area contributed by atoms with E-state index in [-0.39, 0.29) is 37.5 Å². The van der Waals surface area contributed by atoms with Crippen molar-refractivity contribution in [1.29, 1.82) is 0 Å². The van der Waals surface area contributed by atoms with Gasteiger partial charge in [0.2, 0.25) is 0 Å². The monoisotopic (exact) mass is 837 g/mol. The number of rotatable bonds is 44. The van der Waals surface area contributed by atoms with Gasteiger partial charge in [0.05, 0.1) is 0 Å². The van der Waals surface area contributed by atoms with Crippen molar-refractivity contribution in [3.8, 4) is 0 Å². The summed E-state index contributed by atoms with van der Waals surface area (Å²) in [5.74, 6) is -0.978. The summed E-state index contributed by atoms with van der Waals surface area (Å²) in [6, 6.07) is 0. The lowest BCUT2D eigenvalue weighted by Gasteiger charge is -2.18. The summed E-state index contributed by atoms with van der Waals surface area (Å²) in [7, 11) is 0. The molecule has 0 saturated carbocycles. The van der Waals surface area contributed by atoms with Gasteiger partial charge in [0.1, 0.15) is 13.2 Å². The van der Waals surface area contributed by atoms with Crippen molar-refractivity contribution in [2.24, 2.45) is 0 Å². The standard InChI is InChI=1S/C54H92O6/c1-4-7-10-13-16-19-22-24-26-27-28-30-32-35-38-41-44-47-53(56)59-50-51(49-58-52(55)46-43-40-37-34-31-21-18-15-12-9-6-3)60-54(57)48-45-42-39-36-33-29-25-23-20-17-14-11-8-5-2/h8-9,11-12,17-18,20-21,25,29,34,37,51H,4-7,10,13-16,19,22-24,26-28,30-33,35-36,38-50H2,1-3H3/b11-8-,12-9-,20-17-,21-18-,29-25-,37-34-. The maximum absolute atomic E-state index is 12.8. The average Bonchev–Trinajstić information content (AvgIpc) is 3.24. The maximum Gasteiger partial charge on any atom is 0.306 e. The second-order valence-electron chi connectivity index (χ2n) is 16.3. The van der Waals surface area contributed by atoms with Crippen molar-refractivity contribution >= 4 is 17.9 Å². The molecule has 0 aromatic rings. The van der Waals surface area contributed by atoms with E-state index < -0.39 is 6.10 Å². The van der Waals surface area contributed by atoms with E-state index in [4.69, 9.17) is 14.2 Å². The van der Waals surface area contributed by atoms with Gasteiger partial charge in [-0.05, 0) is 77.0 Å². The minimum atomic E-state index is -0.804. The van der Waals surface area contributed by atoms with Crippen molar-refractivity contribution in [3.05, 3.63) is 72.9 Å². The van der Waals surface area contributed by atoms with Crippen LogP contribution in [0.2, 0.25) is 0 Å². The summed E-state index contributed by atoms with van der Waals surface area (Å²) < 4.78 is 16.7. The predicted octanol–water partition coefficient (Wildman–Crippen LogP) is 16.3. The third-order valence-electron chi connectivity index (χ3n) is 10.5. The highest BCUT2D eigenvalue weighted by Gasteiger charge is 2.19. The molecule has 60 heavy (non-hydrogen) atoms. The fourth-order valence-electron chi connectivity index (χ4n) is 6.77. The first-order valence-corrected chi connectivity index (χ1v) is 24.9. The second-order valence-corrected chi connectivity index (χ2v) is 16.3. The zero-order valence-corrected chi connectivity index (χ0v) is 39.2. The normalized spacial score (nSPS) is 12.7. The van der Waals surface area contributed by atoms with Crippen LogP contribution >= 0.6 is 0 Å². The van der Waals surface area contributed by atoms with Crippen molar-refractivity contribution < 1.29 is 28.6 Å². The molecule has 0 spiro atoms. The first-order chi connectivity index (χ1) is 29.5. The molecule has 0 saturated heterocycles. The third-order valence-corrected chi connectivity index (χ3v) is 10.5. The molecular weight excluding hydrogens is 745 g/mol. The van der Waals surface area contributed by atoms with E-state index >= 15 is 0 Å². The molecule has 0 aliphatic heterocycles. The number of allylic oxidation sites excluding steroid dienone is 12. The molecular formula is C54H92O6. The van der Waals surface area contributed by atoms with Gasteiger partial charge in [-0.3, -0.25) is 14.4 Å². The summed E-state index contributed by atoms with van der Waals surface area (Å²) in [5.41, 5.74) is 0. The Balaban J connectivity index is 4.41. The van der Waals surface area contributed by atoms with Crippen LogP contribution in [0.15, 0.2) is 72.9 Å². The highest BCUT2D eigenvalue weighted by molar-refractivity contribution is 5.71. The van der Waals surface area contributed by atoms with Crippen LogP contribution in [0.25, 0.3) is 0 Å². The molecule has 1 atom stereocenters. The minimum absolute atomic E-state index is 0.0989. The van der Waals surface area contributed by atoms with Crippen LogP contribution in [0.1, 0.15) is 233 Å². The molecule has 0 aromatic heterocycles. The van der Waals surface area contributed by atoms with Gasteiger partial charge in [-0.2, -0.15) is 0 Å². The minimum Gasteiger partial charge on any atom is -0.462 e. The van der Waals surface area contributed by atoms with Crippen molar-refractivity contribution in [2.75, 3.05) is 13.2 Å². The molecule has 0 rings (SSSR count). The van der Waals surface area contributed by atoms with Crippen LogP contribution in [0.3, 0.4) is 0 Å². The number of carbonyl (C=O) groups is 3. The molecule has 0 N–H and O–H groups in total. The van der Waals surface area contributed by atoms with Gasteiger partial charge in [-0.15, -0.1) is 0 Å². The third kappa shape index (κ3) is 45.9. The fraction of sp³-hybridized carbons (Fsp3) is 0.722. The average molecular weight is 837 g/mol. The van der Waals surface area contributed by atoms with Crippen LogP contribution in [-0.2, 0) is 28.6 Å². The van der Waals surface area contributed by atoms with Gasteiger partial charge in [-0.25, -0.2) is 0 Å². The smallest absolute Gasteiger partial charge is 0.306 e. The molecule has 344 valence electrons. The van der Waals surface area contributed by atoms with E-state index in [1.807, 2.05) is 0 Å². The van der Waals surface area contributed by atoms with E-state index in [1.54, 1.807) is 0 Å². The van der Waals surface area contributed by atoms with Crippen LogP contribution in [-0.4, -0.2) is 37.2 Å². The summed E-state index contributed by atoms with van der Waals surface area (Å²) in [4.78, 5) is 37.8. The molecule has 0 radical (unpaired) electrons. The Morgan fingerprint density at radius 1 is 0.350 bits per heavy atom. The largest absolute Gasteiger partial charge is 0.462 e. The molecule has 0 bridgehead atoms. The van der Waals surface area contributed by atoms with E-state index in [1.165, 1.54) is 89.9 Å². The maximum atomic E-state index is 12.8. The zero-order valence-electron chi connectivity index (χ0n) is 39.2. The molecule has 0 aliphatic rings. The van der Waals surface area contributed by atoms with Crippen LogP contribution in [0, 0.1) is 0 Å². The van der Waals surface area contributed by atoms with Crippen molar-refractivity contribution in [3.63, 3.8) is 0 Å². The SMILES string of the molecule is CC/C=C\C/C=C\C/C=C\CCCCCCC(=O)OC(COC(=O)CCC/C=C\C/C=C\C/C=C\CC)COC(=O)CCCCCCCCCCCCCCCCCCC. The summed E-state index contributed by atoms with van der Waals surface area (Å²) in [6.45, 7) is 6.34. The topological polar surface area (TPSA) is 78.9 Å². The second kappa shape index (κ2) is 48.5. The zero-order chi connectivity index (χ0) is 43.7. The number of ether oxygens (including phenoxy) is 3. The Labute approximate surface area is 370 Å². The van der Waals surface area contributed by atoms with Crippen LogP contribution in [0.4, 0.5) is 0 Å². The van der Waals surface area contributed by atoms with E-state index in [0.717, 1.165) is 96.3 Å². The van der Waals surface area contributed by atoms with Gasteiger partial charge in [0.25, 0.3) is 0 Å². The lowest BCUT2D eigenvalue weighted by Crippen LogP contribution is -2.30. The van der Waals surface area contributed by atoms with Gasteiger partial charge in [-0.1, -0.05) is 209 Å². The predicted molar refractivity (Wildman–Crippen MR) is 256 cm³/mol. The Morgan fingerprint density at radius 3 is 1.08 bits per heavy atom. The summed E-state index contributed by atoms with van der Waals surface area (Å²) >= 11 is 0. The van der Waals surface area contributed by atoms with E-state index in [0.29, 0.717) is 19.3 Å². The Morgan fingerprint density at radius 2 is 0.667 bits per heavy atom. The molecule has 0 heterocycles. The number of hydrogen-bond acceptors (Lipinski definition) is 6. The van der Waals surface area contributed by atoms with E-state index in [9.17, 15) is 14.4 Å². The lowest BCUT2D eigenvalue weighted by atomic mass is 10.0. The highest BCUT2D eigenvalue weighted by atomic mass is 16.6. The Kier molecular flexibility index (Phi) is 46.0. The number of unbranched alkanes of at least 4 members (excludes halogenated alkanes) is 21. The molecule has 1 unspecified atom stereocenters. The molecule has 6 nitrogen and oxygen atoms in total. The summed E-state index contributed by atoms with van der Waals surface area (Å²) in [5, 5.41) is 0. The van der Waals surface area contributed by atoms with Gasteiger partial charge in [0, 0.05) is 19.3 Å².